The van der Waals surface area contributed by atoms with E-state index in [9.17, 15) is 9.59 Å². The number of carbonyl (C=O) groups is 2. The van der Waals surface area contributed by atoms with E-state index >= 15 is 0 Å². The second-order valence-corrected chi connectivity index (χ2v) is 5.96. The van der Waals surface area contributed by atoms with Crippen LogP contribution in [0.1, 0.15) is 33.6 Å². The Morgan fingerprint density at radius 2 is 1.88 bits per heavy atom. The fourth-order valence-electron chi connectivity index (χ4n) is 2.76. The third-order valence-corrected chi connectivity index (χ3v) is 3.47. The molecule has 4 heteroatoms. The summed E-state index contributed by atoms with van der Waals surface area (Å²) in [6, 6.07) is 0. The van der Waals surface area contributed by atoms with Gasteiger partial charge in [0, 0.05) is 0 Å². The maximum Gasteiger partial charge on any atom is 0.310 e. The second kappa shape index (κ2) is 3.47. The normalized spacial score (nSPS) is 36.7. The van der Waals surface area contributed by atoms with E-state index in [0.29, 0.717) is 11.8 Å². The Hall–Kier alpha value is -1.06. The molecule has 0 heterocycles. The number of amides is 1. The highest BCUT2D eigenvalue weighted by Crippen LogP contribution is 2.58. The molecule has 0 aliphatic heterocycles. The van der Waals surface area contributed by atoms with Gasteiger partial charge in [0.15, 0.2) is 0 Å². The Morgan fingerprint density at radius 1 is 1.25 bits per heavy atom. The third-order valence-electron chi connectivity index (χ3n) is 3.47. The summed E-state index contributed by atoms with van der Waals surface area (Å²) in [5, 5.41) is 0. The predicted molar refractivity (Wildman–Crippen MR) is 58.2 cm³/mol. The average molecular weight is 225 g/mol. The van der Waals surface area contributed by atoms with Crippen molar-refractivity contribution in [3.05, 3.63) is 0 Å². The topological polar surface area (TPSA) is 69.4 Å². The van der Waals surface area contributed by atoms with E-state index in [1.54, 1.807) is 0 Å². The molecule has 2 N–H and O–H groups in total. The first-order valence-corrected chi connectivity index (χ1v) is 5.82. The third kappa shape index (κ3) is 2.06. The van der Waals surface area contributed by atoms with Gasteiger partial charge in [0.2, 0.25) is 5.91 Å². The molecule has 1 unspecified atom stereocenters. The monoisotopic (exact) mass is 225 g/mol. The van der Waals surface area contributed by atoms with E-state index < -0.39 is 5.60 Å². The minimum Gasteiger partial charge on any atom is -0.460 e. The molecular weight excluding hydrogens is 206 g/mol. The van der Waals surface area contributed by atoms with Gasteiger partial charge in [-0.25, -0.2) is 0 Å². The number of esters is 1. The largest absolute Gasteiger partial charge is 0.460 e. The summed E-state index contributed by atoms with van der Waals surface area (Å²) >= 11 is 0. The van der Waals surface area contributed by atoms with Crippen LogP contribution in [0, 0.1) is 23.7 Å². The van der Waals surface area contributed by atoms with Crippen LogP contribution in [0.2, 0.25) is 0 Å². The van der Waals surface area contributed by atoms with Gasteiger partial charge in [0.1, 0.15) is 5.60 Å². The van der Waals surface area contributed by atoms with E-state index in [0.717, 1.165) is 12.8 Å². The van der Waals surface area contributed by atoms with Crippen LogP contribution in [0.4, 0.5) is 0 Å². The van der Waals surface area contributed by atoms with Gasteiger partial charge in [-0.3, -0.25) is 9.59 Å². The number of ether oxygens (including phenoxy) is 1. The van der Waals surface area contributed by atoms with Crippen molar-refractivity contribution in [1.29, 1.82) is 0 Å². The molecule has 1 amide bonds. The van der Waals surface area contributed by atoms with Gasteiger partial charge < -0.3 is 10.5 Å². The predicted octanol–water partition coefficient (Wildman–Crippen LogP) is 1.09. The van der Waals surface area contributed by atoms with Crippen molar-refractivity contribution in [3.8, 4) is 0 Å². The van der Waals surface area contributed by atoms with Gasteiger partial charge in [-0.1, -0.05) is 0 Å². The minimum atomic E-state index is -0.494. The number of rotatable bonds is 2. The molecule has 0 bridgehead atoms. The lowest BCUT2D eigenvalue weighted by molar-refractivity contribution is -0.163. The summed E-state index contributed by atoms with van der Waals surface area (Å²) in [4.78, 5) is 23.2. The lowest BCUT2D eigenvalue weighted by Gasteiger charge is -2.25. The molecule has 0 aromatic rings. The van der Waals surface area contributed by atoms with Crippen LogP contribution < -0.4 is 5.73 Å². The van der Waals surface area contributed by atoms with Gasteiger partial charge in [-0.15, -0.1) is 0 Å². The molecule has 0 aromatic carbocycles. The highest BCUT2D eigenvalue weighted by Gasteiger charge is 2.58. The molecular formula is C12H19NO3. The number of fused-ring (bicyclic) bond motifs is 1. The molecule has 0 spiro atoms. The van der Waals surface area contributed by atoms with Gasteiger partial charge in [0.05, 0.1) is 11.8 Å². The number of primary amides is 1. The molecule has 2 saturated carbocycles. The van der Waals surface area contributed by atoms with Crippen molar-refractivity contribution in [1.82, 2.24) is 0 Å². The van der Waals surface area contributed by atoms with Crippen LogP contribution in [-0.4, -0.2) is 17.5 Å². The lowest BCUT2D eigenvalue weighted by Crippen LogP contribution is -2.37. The number of nitrogens with two attached hydrogens (primary N) is 1. The number of hydrogen-bond donors (Lipinski definition) is 1. The molecule has 2 aliphatic rings. The molecule has 90 valence electrons. The fourth-order valence-corrected chi connectivity index (χ4v) is 2.76. The average Bonchev–Trinajstić information content (AvgIpc) is 2.73. The first kappa shape index (κ1) is 11.4. The van der Waals surface area contributed by atoms with Crippen molar-refractivity contribution in [3.63, 3.8) is 0 Å². The number of carbonyl (C=O) groups excluding carboxylic acids is 2. The van der Waals surface area contributed by atoms with Crippen molar-refractivity contribution in [2.24, 2.45) is 29.4 Å². The Balaban J connectivity index is 2.07. The quantitative estimate of drug-likeness (QED) is 0.715. The first-order valence-electron chi connectivity index (χ1n) is 5.82. The van der Waals surface area contributed by atoms with Gasteiger partial charge >= 0.3 is 5.97 Å². The molecule has 4 nitrogen and oxygen atoms in total. The van der Waals surface area contributed by atoms with E-state index in [4.69, 9.17) is 10.5 Å². The highest BCUT2D eigenvalue weighted by molar-refractivity contribution is 5.86. The van der Waals surface area contributed by atoms with Crippen molar-refractivity contribution in [2.45, 2.75) is 39.2 Å². The van der Waals surface area contributed by atoms with Crippen LogP contribution in [0.5, 0.6) is 0 Å². The second-order valence-electron chi connectivity index (χ2n) is 5.96. The maximum absolute atomic E-state index is 12.0. The Bertz CT molecular complexity index is 332. The standard InChI is InChI=1S/C12H19NO3/c1-12(2,3)16-11(15)9-7-4-6(7)5-8(9)10(13)14/h6-9H,4-5H2,1-3H3,(H2,13,14)/t6-,7-,8+,9?/m0/s1. The number of hydrogen-bond acceptors (Lipinski definition) is 3. The van der Waals surface area contributed by atoms with Gasteiger partial charge in [-0.2, -0.15) is 0 Å². The molecule has 0 saturated heterocycles. The molecule has 2 fully saturated rings. The van der Waals surface area contributed by atoms with E-state index in [1.165, 1.54) is 0 Å². The zero-order valence-electron chi connectivity index (χ0n) is 10.0. The first-order chi connectivity index (χ1) is 7.29. The van der Waals surface area contributed by atoms with E-state index in [1.807, 2.05) is 20.8 Å². The molecule has 4 atom stereocenters. The van der Waals surface area contributed by atoms with Crippen molar-refractivity contribution < 1.29 is 14.3 Å². The summed E-state index contributed by atoms with van der Waals surface area (Å²) in [6.45, 7) is 5.51. The zero-order chi connectivity index (χ0) is 12.1. The molecule has 0 aromatic heterocycles. The van der Waals surface area contributed by atoms with Crippen LogP contribution in [0.25, 0.3) is 0 Å². The van der Waals surface area contributed by atoms with Crippen molar-refractivity contribution in [2.75, 3.05) is 0 Å². The van der Waals surface area contributed by atoms with Gasteiger partial charge in [0.25, 0.3) is 0 Å². The zero-order valence-corrected chi connectivity index (χ0v) is 10.0. The lowest BCUT2D eigenvalue weighted by atomic mass is 9.90. The van der Waals surface area contributed by atoms with Crippen LogP contribution >= 0.6 is 0 Å². The Morgan fingerprint density at radius 3 is 2.38 bits per heavy atom. The fraction of sp³-hybridized carbons (Fsp3) is 0.833. The Labute approximate surface area is 95.5 Å². The SMILES string of the molecule is CC(C)(C)OC(=O)C1[C@H]2C[C@H]2C[C@H]1C(N)=O. The summed E-state index contributed by atoms with van der Waals surface area (Å²) < 4.78 is 5.35. The molecule has 2 aliphatic carbocycles. The molecule has 0 radical (unpaired) electrons. The summed E-state index contributed by atoms with van der Waals surface area (Å²) in [6.07, 6.45) is 1.82. The summed E-state index contributed by atoms with van der Waals surface area (Å²) in [7, 11) is 0. The van der Waals surface area contributed by atoms with Crippen LogP contribution in [0.15, 0.2) is 0 Å². The summed E-state index contributed by atoms with van der Waals surface area (Å²) in [5.41, 5.74) is 4.83. The Kier molecular flexibility index (Phi) is 2.48. The minimum absolute atomic E-state index is 0.249. The van der Waals surface area contributed by atoms with Crippen LogP contribution in [0.3, 0.4) is 0 Å². The maximum atomic E-state index is 12.0. The smallest absolute Gasteiger partial charge is 0.310 e. The summed E-state index contributed by atoms with van der Waals surface area (Å²) in [5.74, 6) is -0.341. The molecule has 2 rings (SSSR count). The van der Waals surface area contributed by atoms with E-state index in [2.05, 4.69) is 0 Å². The van der Waals surface area contributed by atoms with Crippen LogP contribution in [-0.2, 0) is 14.3 Å². The van der Waals surface area contributed by atoms with E-state index in [-0.39, 0.29) is 23.7 Å². The molecule has 16 heavy (non-hydrogen) atoms. The van der Waals surface area contributed by atoms with Gasteiger partial charge in [-0.05, 0) is 45.4 Å². The highest BCUT2D eigenvalue weighted by atomic mass is 16.6. The van der Waals surface area contributed by atoms with Crippen molar-refractivity contribution >= 4 is 11.9 Å².